The number of anilines is 1. The first-order chi connectivity index (χ1) is 8.08. The van der Waals surface area contributed by atoms with E-state index in [1.165, 1.54) is 0 Å². The number of tetrazole rings is 1. The van der Waals surface area contributed by atoms with Crippen LogP contribution in [0.1, 0.15) is 21.7 Å². The van der Waals surface area contributed by atoms with E-state index in [0.717, 1.165) is 21.3 Å². The minimum absolute atomic E-state index is 0.0201. The summed E-state index contributed by atoms with van der Waals surface area (Å²) >= 11 is 3.40. The molecule has 1 amide bonds. The van der Waals surface area contributed by atoms with Gasteiger partial charge in [-0.25, -0.2) is 0 Å². The van der Waals surface area contributed by atoms with Gasteiger partial charge in [0.2, 0.25) is 0 Å². The Hall–Kier alpha value is -1.76. The molecule has 0 aliphatic rings. The Morgan fingerprint density at radius 3 is 2.53 bits per heavy atom. The SMILES string of the molecule is Cc1cc(Br)cc(C)c1NC(=O)c1nn[nH]n1. The molecule has 2 aromatic rings. The molecule has 0 bridgehead atoms. The van der Waals surface area contributed by atoms with Gasteiger partial charge in [0.1, 0.15) is 0 Å². The van der Waals surface area contributed by atoms with Crippen LogP contribution in [0.2, 0.25) is 0 Å². The monoisotopic (exact) mass is 295 g/mol. The van der Waals surface area contributed by atoms with Gasteiger partial charge in [0, 0.05) is 10.2 Å². The summed E-state index contributed by atoms with van der Waals surface area (Å²) in [5, 5.41) is 15.6. The van der Waals surface area contributed by atoms with E-state index in [9.17, 15) is 4.79 Å². The number of hydrogen-bond acceptors (Lipinski definition) is 4. The molecule has 1 aromatic carbocycles. The summed E-state index contributed by atoms with van der Waals surface area (Å²) in [6.45, 7) is 3.84. The van der Waals surface area contributed by atoms with Crippen molar-refractivity contribution in [1.29, 1.82) is 0 Å². The third kappa shape index (κ3) is 2.50. The first kappa shape index (κ1) is 11.7. The summed E-state index contributed by atoms with van der Waals surface area (Å²) < 4.78 is 0.977. The number of amides is 1. The molecule has 2 N–H and O–H groups in total. The van der Waals surface area contributed by atoms with Gasteiger partial charge in [-0.1, -0.05) is 15.9 Å². The average molecular weight is 296 g/mol. The van der Waals surface area contributed by atoms with Crippen molar-refractivity contribution in [2.24, 2.45) is 0 Å². The summed E-state index contributed by atoms with van der Waals surface area (Å²) in [5.74, 6) is -0.362. The molecule has 6 nitrogen and oxygen atoms in total. The topological polar surface area (TPSA) is 83.6 Å². The Morgan fingerprint density at radius 2 is 2.00 bits per heavy atom. The van der Waals surface area contributed by atoms with E-state index >= 15 is 0 Å². The zero-order chi connectivity index (χ0) is 12.4. The molecule has 7 heteroatoms. The minimum Gasteiger partial charge on any atom is -0.319 e. The Kier molecular flexibility index (Phi) is 3.19. The van der Waals surface area contributed by atoms with Crippen molar-refractivity contribution in [3.05, 3.63) is 33.6 Å². The van der Waals surface area contributed by atoms with Crippen molar-refractivity contribution >= 4 is 27.5 Å². The third-order valence-corrected chi connectivity index (χ3v) is 2.74. The molecule has 2 rings (SSSR count). The number of halogens is 1. The summed E-state index contributed by atoms with van der Waals surface area (Å²) in [7, 11) is 0. The molecule has 0 fully saturated rings. The van der Waals surface area contributed by atoms with Gasteiger partial charge in [-0.15, -0.1) is 10.2 Å². The van der Waals surface area contributed by atoms with E-state index in [1.807, 2.05) is 26.0 Å². The normalized spacial score (nSPS) is 10.3. The third-order valence-electron chi connectivity index (χ3n) is 2.28. The molecule has 0 unspecified atom stereocenters. The van der Waals surface area contributed by atoms with Gasteiger partial charge in [0.25, 0.3) is 11.7 Å². The molecule has 1 aromatic heterocycles. The lowest BCUT2D eigenvalue weighted by Gasteiger charge is -2.10. The van der Waals surface area contributed by atoms with E-state index < -0.39 is 0 Å². The van der Waals surface area contributed by atoms with Gasteiger partial charge >= 0.3 is 0 Å². The lowest BCUT2D eigenvalue weighted by Crippen LogP contribution is -2.15. The molecule has 88 valence electrons. The first-order valence-corrected chi connectivity index (χ1v) is 5.69. The van der Waals surface area contributed by atoms with Crippen LogP contribution in [0.25, 0.3) is 0 Å². The highest BCUT2D eigenvalue weighted by Gasteiger charge is 2.13. The lowest BCUT2D eigenvalue weighted by atomic mass is 10.1. The molecule has 0 aliphatic heterocycles. The molecule has 0 aliphatic carbocycles. The van der Waals surface area contributed by atoms with Gasteiger partial charge in [0.05, 0.1) is 0 Å². The summed E-state index contributed by atoms with van der Waals surface area (Å²) in [6, 6.07) is 3.86. The molecule has 17 heavy (non-hydrogen) atoms. The van der Waals surface area contributed by atoms with Crippen LogP contribution in [-0.2, 0) is 0 Å². The fraction of sp³-hybridized carbons (Fsp3) is 0.200. The largest absolute Gasteiger partial charge is 0.319 e. The second-order valence-electron chi connectivity index (χ2n) is 3.60. The quantitative estimate of drug-likeness (QED) is 0.885. The average Bonchev–Trinajstić information content (AvgIpc) is 2.76. The van der Waals surface area contributed by atoms with Crippen LogP contribution in [0, 0.1) is 13.8 Å². The van der Waals surface area contributed by atoms with Crippen molar-refractivity contribution in [3.8, 4) is 0 Å². The predicted molar refractivity (Wildman–Crippen MR) is 65.7 cm³/mol. The number of aromatic amines is 1. The number of carbonyl (C=O) groups is 1. The van der Waals surface area contributed by atoms with E-state index in [-0.39, 0.29) is 11.7 Å². The maximum absolute atomic E-state index is 11.8. The van der Waals surface area contributed by atoms with Crippen LogP contribution in [-0.4, -0.2) is 26.5 Å². The zero-order valence-corrected chi connectivity index (χ0v) is 10.9. The highest BCUT2D eigenvalue weighted by Crippen LogP contribution is 2.25. The van der Waals surface area contributed by atoms with Crippen molar-refractivity contribution < 1.29 is 4.79 Å². The van der Waals surface area contributed by atoms with Crippen LogP contribution >= 0.6 is 15.9 Å². The van der Waals surface area contributed by atoms with Crippen LogP contribution in [0.3, 0.4) is 0 Å². The van der Waals surface area contributed by atoms with E-state index in [0.29, 0.717) is 0 Å². The molecular weight excluding hydrogens is 286 g/mol. The van der Waals surface area contributed by atoms with E-state index in [2.05, 4.69) is 41.9 Å². The van der Waals surface area contributed by atoms with E-state index in [4.69, 9.17) is 0 Å². The standard InChI is InChI=1S/C10H10BrN5O/c1-5-3-7(11)4-6(2)8(5)12-10(17)9-13-15-16-14-9/h3-4H,1-2H3,(H,12,17)(H,13,14,15,16). The maximum Gasteiger partial charge on any atom is 0.297 e. The van der Waals surface area contributed by atoms with Gasteiger partial charge in [0.15, 0.2) is 0 Å². The second kappa shape index (κ2) is 4.62. The van der Waals surface area contributed by atoms with Crippen molar-refractivity contribution in [2.45, 2.75) is 13.8 Å². The number of nitrogens with one attached hydrogen (secondary N) is 2. The Bertz CT molecular complexity index is 529. The van der Waals surface area contributed by atoms with Gasteiger partial charge in [-0.3, -0.25) is 4.79 Å². The van der Waals surface area contributed by atoms with Crippen LogP contribution in [0.15, 0.2) is 16.6 Å². The molecule has 0 saturated heterocycles. The van der Waals surface area contributed by atoms with Crippen LogP contribution in [0.5, 0.6) is 0 Å². The highest BCUT2D eigenvalue weighted by atomic mass is 79.9. The number of benzene rings is 1. The molecule has 0 saturated carbocycles. The predicted octanol–water partition coefficient (Wildman–Crippen LogP) is 1.83. The van der Waals surface area contributed by atoms with Gasteiger partial charge in [-0.2, -0.15) is 5.21 Å². The number of H-pyrrole nitrogens is 1. The number of carbonyl (C=O) groups excluding carboxylic acids is 1. The van der Waals surface area contributed by atoms with Crippen molar-refractivity contribution in [1.82, 2.24) is 20.6 Å². The minimum atomic E-state index is -0.382. The summed E-state index contributed by atoms with van der Waals surface area (Å²) in [4.78, 5) is 11.8. The molecule has 1 heterocycles. The second-order valence-corrected chi connectivity index (χ2v) is 4.52. The Balaban J connectivity index is 2.28. The Labute approximate surface area is 106 Å². The number of aryl methyl sites for hydroxylation is 2. The van der Waals surface area contributed by atoms with Crippen molar-refractivity contribution in [2.75, 3.05) is 5.32 Å². The van der Waals surface area contributed by atoms with Gasteiger partial charge in [-0.05, 0) is 42.3 Å². The zero-order valence-electron chi connectivity index (χ0n) is 9.28. The van der Waals surface area contributed by atoms with E-state index in [1.54, 1.807) is 0 Å². The summed E-state index contributed by atoms with van der Waals surface area (Å²) in [5.41, 5.74) is 2.70. The number of hydrogen-bond donors (Lipinski definition) is 2. The fourth-order valence-corrected chi connectivity index (χ4v) is 2.22. The Morgan fingerprint density at radius 1 is 1.35 bits per heavy atom. The molecule has 0 spiro atoms. The van der Waals surface area contributed by atoms with Crippen LogP contribution in [0.4, 0.5) is 5.69 Å². The van der Waals surface area contributed by atoms with Gasteiger partial charge < -0.3 is 5.32 Å². The summed E-state index contributed by atoms with van der Waals surface area (Å²) in [6.07, 6.45) is 0. The molecule has 0 radical (unpaired) electrons. The molecular formula is C10H10BrN5O. The van der Waals surface area contributed by atoms with Crippen molar-refractivity contribution in [3.63, 3.8) is 0 Å². The van der Waals surface area contributed by atoms with Crippen LogP contribution < -0.4 is 5.32 Å². The number of rotatable bonds is 2. The first-order valence-electron chi connectivity index (χ1n) is 4.89. The number of aromatic nitrogens is 4. The fourth-order valence-electron chi connectivity index (χ4n) is 1.54. The number of nitrogens with zero attached hydrogens (tertiary/aromatic N) is 3. The lowest BCUT2D eigenvalue weighted by molar-refractivity contribution is 0.101. The maximum atomic E-state index is 11.8. The highest BCUT2D eigenvalue weighted by molar-refractivity contribution is 9.10. The smallest absolute Gasteiger partial charge is 0.297 e. The molecule has 0 atom stereocenters.